The van der Waals surface area contributed by atoms with Crippen LogP contribution in [0.4, 0.5) is 0 Å². The molecule has 0 aliphatic carbocycles. The summed E-state index contributed by atoms with van der Waals surface area (Å²) in [5.41, 5.74) is 0.852. The van der Waals surface area contributed by atoms with Crippen molar-refractivity contribution in [1.82, 2.24) is 9.55 Å². The second kappa shape index (κ2) is 4.37. The van der Waals surface area contributed by atoms with Gasteiger partial charge in [-0.05, 0) is 18.2 Å². The number of aryl methyl sites for hydroxylation is 1. The molecule has 1 aromatic carbocycles. The molecule has 0 saturated carbocycles. The van der Waals surface area contributed by atoms with E-state index in [4.69, 9.17) is 9.47 Å². The van der Waals surface area contributed by atoms with Gasteiger partial charge in [-0.1, -0.05) is 0 Å². The molecule has 0 atom stereocenters. The van der Waals surface area contributed by atoms with Gasteiger partial charge in [0.2, 0.25) is 5.88 Å². The molecule has 5 heteroatoms. The quantitative estimate of drug-likeness (QED) is 0.880. The van der Waals surface area contributed by atoms with Crippen LogP contribution in [0.15, 0.2) is 24.4 Å². The van der Waals surface area contributed by atoms with Crippen LogP contribution in [0.3, 0.4) is 0 Å². The van der Waals surface area contributed by atoms with Gasteiger partial charge < -0.3 is 19.1 Å². The van der Waals surface area contributed by atoms with E-state index in [2.05, 4.69) is 4.98 Å². The highest BCUT2D eigenvalue weighted by Gasteiger charge is 2.10. The SMILES string of the molecule is COc1ccc(-c2nc(O)cn2C)cc1OC. The van der Waals surface area contributed by atoms with Crippen molar-refractivity contribution in [2.24, 2.45) is 7.05 Å². The van der Waals surface area contributed by atoms with Crippen LogP contribution >= 0.6 is 0 Å². The van der Waals surface area contributed by atoms with Gasteiger partial charge >= 0.3 is 0 Å². The lowest BCUT2D eigenvalue weighted by Gasteiger charge is -2.09. The average molecular weight is 234 g/mol. The highest BCUT2D eigenvalue weighted by atomic mass is 16.5. The Hall–Kier alpha value is -2.17. The number of imidazole rings is 1. The zero-order chi connectivity index (χ0) is 12.4. The topological polar surface area (TPSA) is 56.5 Å². The Morgan fingerprint density at radius 1 is 1.18 bits per heavy atom. The van der Waals surface area contributed by atoms with Gasteiger partial charge in [-0.2, -0.15) is 4.98 Å². The molecule has 17 heavy (non-hydrogen) atoms. The Labute approximate surface area is 99.2 Å². The van der Waals surface area contributed by atoms with E-state index < -0.39 is 0 Å². The maximum Gasteiger partial charge on any atom is 0.229 e. The van der Waals surface area contributed by atoms with Gasteiger partial charge in [-0.15, -0.1) is 0 Å². The minimum absolute atomic E-state index is 0.00251. The van der Waals surface area contributed by atoms with Crippen molar-refractivity contribution >= 4 is 0 Å². The monoisotopic (exact) mass is 234 g/mol. The largest absolute Gasteiger partial charge is 0.493 e. The number of rotatable bonds is 3. The summed E-state index contributed by atoms with van der Waals surface area (Å²) in [7, 11) is 4.99. The van der Waals surface area contributed by atoms with Crippen molar-refractivity contribution in [1.29, 1.82) is 0 Å². The number of nitrogens with zero attached hydrogens (tertiary/aromatic N) is 2. The summed E-state index contributed by atoms with van der Waals surface area (Å²) < 4.78 is 12.1. The molecule has 1 N–H and O–H groups in total. The van der Waals surface area contributed by atoms with E-state index in [1.165, 1.54) is 0 Å². The molecule has 0 spiro atoms. The zero-order valence-electron chi connectivity index (χ0n) is 9.97. The van der Waals surface area contributed by atoms with Gasteiger partial charge in [-0.25, -0.2) is 0 Å². The summed E-state index contributed by atoms with van der Waals surface area (Å²) in [5.74, 6) is 1.96. The minimum Gasteiger partial charge on any atom is -0.493 e. The Morgan fingerprint density at radius 3 is 2.41 bits per heavy atom. The molecule has 5 nitrogen and oxygen atoms in total. The van der Waals surface area contributed by atoms with Crippen LogP contribution in [-0.4, -0.2) is 28.9 Å². The van der Waals surface area contributed by atoms with E-state index >= 15 is 0 Å². The molecule has 0 unspecified atom stereocenters. The lowest BCUT2D eigenvalue weighted by molar-refractivity contribution is 0.355. The number of aromatic hydroxyl groups is 1. The highest BCUT2D eigenvalue weighted by molar-refractivity contribution is 5.62. The lowest BCUT2D eigenvalue weighted by Crippen LogP contribution is -1.94. The molecule has 0 aliphatic heterocycles. The molecule has 2 rings (SSSR count). The molecule has 1 heterocycles. The Balaban J connectivity index is 2.50. The summed E-state index contributed by atoms with van der Waals surface area (Å²) in [4.78, 5) is 4.03. The second-order valence-corrected chi connectivity index (χ2v) is 3.60. The summed E-state index contributed by atoms with van der Waals surface area (Å²) in [5, 5.41) is 9.33. The van der Waals surface area contributed by atoms with E-state index in [0.717, 1.165) is 5.56 Å². The molecule has 90 valence electrons. The van der Waals surface area contributed by atoms with Crippen molar-refractivity contribution in [3.8, 4) is 28.8 Å². The van der Waals surface area contributed by atoms with Crippen molar-refractivity contribution < 1.29 is 14.6 Å². The second-order valence-electron chi connectivity index (χ2n) is 3.60. The first-order valence-corrected chi connectivity index (χ1v) is 5.10. The van der Waals surface area contributed by atoms with Crippen molar-refractivity contribution in [3.63, 3.8) is 0 Å². The Kier molecular flexibility index (Phi) is 2.91. The van der Waals surface area contributed by atoms with Crippen molar-refractivity contribution in [2.45, 2.75) is 0 Å². The summed E-state index contributed by atoms with van der Waals surface area (Å²) in [6.07, 6.45) is 1.55. The number of benzene rings is 1. The number of ether oxygens (including phenoxy) is 2. The smallest absolute Gasteiger partial charge is 0.229 e. The van der Waals surface area contributed by atoms with Gasteiger partial charge in [0.05, 0.1) is 20.4 Å². The molecular formula is C12H14N2O3. The first kappa shape index (κ1) is 11.3. The zero-order valence-corrected chi connectivity index (χ0v) is 9.97. The molecule has 0 aliphatic rings. The third-order valence-electron chi connectivity index (χ3n) is 2.51. The summed E-state index contributed by atoms with van der Waals surface area (Å²) in [6, 6.07) is 5.49. The van der Waals surface area contributed by atoms with Crippen LogP contribution in [-0.2, 0) is 7.05 Å². The van der Waals surface area contributed by atoms with Crippen LogP contribution in [0, 0.1) is 0 Å². The van der Waals surface area contributed by atoms with E-state index in [9.17, 15) is 5.11 Å². The predicted molar refractivity (Wildman–Crippen MR) is 63.4 cm³/mol. The minimum atomic E-state index is -0.00251. The van der Waals surface area contributed by atoms with Gasteiger partial charge in [0, 0.05) is 12.6 Å². The maximum atomic E-state index is 9.33. The third-order valence-corrected chi connectivity index (χ3v) is 2.51. The molecular weight excluding hydrogens is 220 g/mol. The first-order valence-electron chi connectivity index (χ1n) is 5.10. The summed E-state index contributed by atoms with van der Waals surface area (Å²) >= 11 is 0. The van der Waals surface area contributed by atoms with E-state index in [1.807, 2.05) is 19.2 Å². The third kappa shape index (κ3) is 2.04. The van der Waals surface area contributed by atoms with Crippen LogP contribution < -0.4 is 9.47 Å². The molecule has 2 aromatic rings. The van der Waals surface area contributed by atoms with Crippen LogP contribution in [0.2, 0.25) is 0 Å². The van der Waals surface area contributed by atoms with E-state index in [-0.39, 0.29) is 5.88 Å². The van der Waals surface area contributed by atoms with Crippen LogP contribution in [0.25, 0.3) is 11.4 Å². The van der Waals surface area contributed by atoms with Crippen LogP contribution in [0.5, 0.6) is 17.4 Å². The molecule has 0 amide bonds. The van der Waals surface area contributed by atoms with E-state index in [1.54, 1.807) is 31.0 Å². The van der Waals surface area contributed by atoms with Gasteiger partial charge in [0.15, 0.2) is 11.5 Å². The number of hydrogen-bond acceptors (Lipinski definition) is 4. The van der Waals surface area contributed by atoms with Gasteiger partial charge in [0.1, 0.15) is 5.82 Å². The molecule has 0 saturated heterocycles. The fourth-order valence-electron chi connectivity index (χ4n) is 1.69. The van der Waals surface area contributed by atoms with Crippen LogP contribution in [0.1, 0.15) is 0 Å². The molecule has 0 radical (unpaired) electrons. The summed E-state index contributed by atoms with van der Waals surface area (Å²) in [6.45, 7) is 0. The maximum absolute atomic E-state index is 9.33. The highest BCUT2D eigenvalue weighted by Crippen LogP contribution is 2.32. The number of methoxy groups -OCH3 is 2. The average Bonchev–Trinajstić information content (AvgIpc) is 2.67. The Bertz CT molecular complexity index is 535. The lowest BCUT2D eigenvalue weighted by atomic mass is 10.2. The van der Waals surface area contributed by atoms with Crippen molar-refractivity contribution in [2.75, 3.05) is 14.2 Å². The van der Waals surface area contributed by atoms with E-state index in [0.29, 0.717) is 17.3 Å². The first-order chi connectivity index (χ1) is 8.15. The molecule has 0 fully saturated rings. The standard InChI is InChI=1S/C12H14N2O3/c1-14-7-11(15)13-12(14)8-4-5-9(16-2)10(6-8)17-3/h4-7,15H,1-3H3. The van der Waals surface area contributed by atoms with Gasteiger partial charge in [-0.3, -0.25) is 0 Å². The predicted octanol–water partition coefficient (Wildman–Crippen LogP) is 1.81. The number of aromatic nitrogens is 2. The van der Waals surface area contributed by atoms with Gasteiger partial charge in [0.25, 0.3) is 0 Å². The Morgan fingerprint density at radius 2 is 1.88 bits per heavy atom. The number of hydrogen-bond donors (Lipinski definition) is 1. The van der Waals surface area contributed by atoms with Crippen molar-refractivity contribution in [3.05, 3.63) is 24.4 Å². The molecule has 1 aromatic heterocycles. The fraction of sp³-hybridized carbons (Fsp3) is 0.250. The normalized spacial score (nSPS) is 10.3. The fourth-order valence-corrected chi connectivity index (χ4v) is 1.69. The molecule has 0 bridgehead atoms.